The molecule has 2 aromatic carbocycles. The van der Waals surface area contributed by atoms with E-state index in [1.54, 1.807) is 48.5 Å². The summed E-state index contributed by atoms with van der Waals surface area (Å²) < 4.78 is 3.43. The number of hydrogen-bond acceptors (Lipinski definition) is 4. The summed E-state index contributed by atoms with van der Waals surface area (Å²) >= 11 is 35.7. The molecule has 0 saturated carbocycles. The average molecular weight is 526 g/mol. The molecule has 30 heavy (non-hydrogen) atoms. The Bertz CT molecular complexity index is 990. The number of hydrogen-bond donors (Lipinski definition) is 0. The Labute approximate surface area is 202 Å². The first-order valence-corrected chi connectivity index (χ1v) is 10.6. The normalized spacial score (nSPS) is 11.4. The Kier molecular flexibility index (Phi) is 7.56. The van der Waals surface area contributed by atoms with Gasteiger partial charge in [-0.15, -0.1) is 0 Å². The number of nitrogens with zero attached hydrogens (tertiary/aromatic N) is 3. The Balaban J connectivity index is 2.05. The van der Waals surface area contributed by atoms with Crippen LogP contribution in [0, 0.1) is 0 Å². The van der Waals surface area contributed by atoms with E-state index in [2.05, 4.69) is 9.97 Å². The molecule has 5 nitrogen and oxygen atoms in total. The molecule has 1 heterocycles. The fourth-order valence-corrected chi connectivity index (χ4v) is 3.34. The molecule has 0 aliphatic carbocycles. The molecule has 3 rings (SSSR count). The zero-order valence-corrected chi connectivity index (χ0v) is 19.3. The largest absolute Gasteiger partial charge is 0.425 e. The zero-order chi connectivity index (χ0) is 21.9. The standard InChI is InChI=1S/C19H11Cl6N3O2/c20-13-14(15(21)22)26-17(19(23,24)25)27-16(13)30-18(29)28(11-7-3-1-4-8-11)12-9-5-2-6-10-12/h1-10,15H. The van der Waals surface area contributed by atoms with Crippen LogP contribution in [-0.2, 0) is 3.79 Å². The van der Waals surface area contributed by atoms with E-state index in [-0.39, 0.29) is 22.4 Å². The van der Waals surface area contributed by atoms with Crippen molar-refractivity contribution in [3.05, 3.63) is 77.2 Å². The first-order valence-electron chi connectivity index (χ1n) is 8.23. The van der Waals surface area contributed by atoms with Crippen LogP contribution in [0.15, 0.2) is 60.7 Å². The average Bonchev–Trinajstić information content (AvgIpc) is 2.70. The van der Waals surface area contributed by atoms with Gasteiger partial charge in [0.25, 0.3) is 0 Å². The summed E-state index contributed by atoms with van der Waals surface area (Å²) in [6.45, 7) is 0. The predicted molar refractivity (Wildman–Crippen MR) is 122 cm³/mol. The summed E-state index contributed by atoms with van der Waals surface area (Å²) in [5.74, 6) is -0.650. The quantitative estimate of drug-likeness (QED) is 0.326. The summed E-state index contributed by atoms with van der Waals surface area (Å²) in [6.07, 6.45) is -0.810. The number of benzene rings is 2. The molecule has 156 valence electrons. The van der Waals surface area contributed by atoms with Crippen LogP contribution in [0.1, 0.15) is 16.4 Å². The maximum Gasteiger partial charge on any atom is 0.425 e. The Hall–Kier alpha value is -1.47. The van der Waals surface area contributed by atoms with E-state index >= 15 is 0 Å². The van der Waals surface area contributed by atoms with E-state index in [0.717, 1.165) is 0 Å². The van der Waals surface area contributed by atoms with Gasteiger partial charge in [0, 0.05) is 0 Å². The number of ether oxygens (including phenoxy) is 1. The highest BCUT2D eigenvalue weighted by atomic mass is 35.6. The molecule has 0 unspecified atom stereocenters. The molecule has 0 saturated heterocycles. The van der Waals surface area contributed by atoms with Crippen LogP contribution in [0.4, 0.5) is 16.2 Å². The van der Waals surface area contributed by atoms with E-state index in [0.29, 0.717) is 11.4 Å². The minimum absolute atomic E-state index is 0.0647. The van der Waals surface area contributed by atoms with Gasteiger partial charge < -0.3 is 4.74 Å². The maximum absolute atomic E-state index is 13.1. The van der Waals surface area contributed by atoms with Crippen molar-refractivity contribution < 1.29 is 9.53 Å². The lowest BCUT2D eigenvalue weighted by molar-refractivity contribution is 0.208. The van der Waals surface area contributed by atoms with Gasteiger partial charge >= 0.3 is 6.09 Å². The lowest BCUT2D eigenvalue weighted by Crippen LogP contribution is -2.30. The predicted octanol–water partition coefficient (Wildman–Crippen LogP) is 7.77. The number of alkyl halides is 5. The Morgan fingerprint density at radius 1 is 0.900 bits per heavy atom. The van der Waals surface area contributed by atoms with Gasteiger partial charge in [0.2, 0.25) is 9.67 Å². The van der Waals surface area contributed by atoms with Crippen LogP contribution in [0.25, 0.3) is 0 Å². The Morgan fingerprint density at radius 3 is 1.83 bits per heavy atom. The highest BCUT2D eigenvalue weighted by Crippen LogP contribution is 2.41. The highest BCUT2D eigenvalue weighted by Gasteiger charge is 2.32. The SMILES string of the molecule is O=C(Oc1nc(C(Cl)(Cl)Cl)nc(C(Cl)Cl)c1Cl)N(c1ccccc1)c1ccccc1. The van der Waals surface area contributed by atoms with Crippen molar-refractivity contribution in [2.24, 2.45) is 0 Å². The third-order valence-electron chi connectivity index (χ3n) is 3.70. The molecule has 0 radical (unpaired) electrons. The molecular weight excluding hydrogens is 515 g/mol. The van der Waals surface area contributed by atoms with E-state index in [1.165, 1.54) is 4.90 Å². The van der Waals surface area contributed by atoms with Crippen molar-refractivity contribution in [3.8, 4) is 5.88 Å². The van der Waals surface area contributed by atoms with Crippen molar-refractivity contribution in [2.75, 3.05) is 4.90 Å². The first-order chi connectivity index (χ1) is 14.2. The molecule has 3 aromatic rings. The third kappa shape index (κ3) is 5.41. The molecule has 11 heteroatoms. The van der Waals surface area contributed by atoms with Gasteiger partial charge in [-0.05, 0) is 24.3 Å². The molecule has 0 aliphatic rings. The van der Waals surface area contributed by atoms with Gasteiger partial charge in [-0.2, -0.15) is 4.98 Å². The minimum atomic E-state index is -2.03. The van der Waals surface area contributed by atoms with Crippen molar-refractivity contribution in [3.63, 3.8) is 0 Å². The molecule has 0 N–H and O–H groups in total. The Morgan fingerprint density at radius 2 is 1.40 bits per heavy atom. The van der Waals surface area contributed by atoms with Gasteiger partial charge in [0.05, 0.1) is 17.1 Å². The van der Waals surface area contributed by atoms with Crippen molar-refractivity contribution >= 4 is 87.1 Å². The summed E-state index contributed by atoms with van der Waals surface area (Å²) in [7, 11) is 0. The number of carbonyl (C=O) groups excluding carboxylic acids is 1. The van der Waals surface area contributed by atoms with E-state index in [9.17, 15) is 4.79 Å². The van der Waals surface area contributed by atoms with Crippen molar-refractivity contribution in [1.29, 1.82) is 0 Å². The van der Waals surface area contributed by atoms with Gasteiger partial charge in [-0.1, -0.05) is 106 Å². The van der Waals surface area contributed by atoms with Crippen LogP contribution in [-0.4, -0.2) is 16.1 Å². The van der Waals surface area contributed by atoms with E-state index in [4.69, 9.17) is 74.3 Å². The van der Waals surface area contributed by atoms with Crippen LogP contribution >= 0.6 is 69.6 Å². The smallest absolute Gasteiger partial charge is 0.389 e. The maximum atomic E-state index is 13.1. The number of anilines is 2. The van der Waals surface area contributed by atoms with Crippen LogP contribution in [0.3, 0.4) is 0 Å². The summed E-state index contributed by atoms with van der Waals surface area (Å²) in [5, 5.41) is -0.183. The van der Waals surface area contributed by atoms with Crippen LogP contribution in [0.2, 0.25) is 5.02 Å². The van der Waals surface area contributed by atoms with Gasteiger partial charge in [-0.3, -0.25) is 0 Å². The van der Waals surface area contributed by atoms with Crippen molar-refractivity contribution in [2.45, 2.75) is 8.63 Å². The third-order valence-corrected chi connectivity index (χ3v) is 4.98. The van der Waals surface area contributed by atoms with Crippen LogP contribution in [0.5, 0.6) is 5.88 Å². The zero-order valence-electron chi connectivity index (χ0n) is 14.8. The lowest BCUT2D eigenvalue weighted by Gasteiger charge is -2.23. The van der Waals surface area contributed by atoms with Crippen LogP contribution < -0.4 is 9.64 Å². The van der Waals surface area contributed by atoms with Gasteiger partial charge in [0.15, 0.2) is 10.7 Å². The number of rotatable bonds is 4. The van der Waals surface area contributed by atoms with Crippen molar-refractivity contribution in [1.82, 2.24) is 9.97 Å². The fourth-order valence-electron chi connectivity index (χ4n) is 2.42. The molecule has 1 amide bonds. The van der Waals surface area contributed by atoms with E-state index < -0.39 is 14.7 Å². The second-order valence-electron chi connectivity index (χ2n) is 5.72. The summed E-state index contributed by atoms with van der Waals surface area (Å²) in [6, 6.07) is 17.7. The highest BCUT2D eigenvalue weighted by molar-refractivity contribution is 6.66. The second kappa shape index (κ2) is 9.77. The molecule has 0 atom stereocenters. The molecule has 0 bridgehead atoms. The fraction of sp³-hybridized carbons (Fsp3) is 0.105. The lowest BCUT2D eigenvalue weighted by atomic mass is 10.2. The number of amides is 1. The van der Waals surface area contributed by atoms with E-state index in [1.807, 2.05) is 12.1 Å². The monoisotopic (exact) mass is 523 g/mol. The number of carbonyl (C=O) groups is 1. The summed E-state index contributed by atoms with van der Waals surface area (Å²) in [5.41, 5.74) is 1.03. The minimum Gasteiger partial charge on any atom is -0.389 e. The molecule has 1 aromatic heterocycles. The number of para-hydroxylation sites is 2. The molecule has 0 spiro atoms. The summed E-state index contributed by atoms with van der Waals surface area (Å²) in [4.78, 5) is 21.2. The molecule has 0 aliphatic heterocycles. The molecule has 0 fully saturated rings. The second-order valence-corrected chi connectivity index (χ2v) is 9.48. The van der Waals surface area contributed by atoms with Gasteiger partial charge in [-0.25, -0.2) is 14.7 Å². The topological polar surface area (TPSA) is 55.3 Å². The molecular formula is C19H11Cl6N3O2. The number of halogens is 6. The van der Waals surface area contributed by atoms with Gasteiger partial charge in [0.1, 0.15) is 5.02 Å². The first kappa shape index (κ1) is 23.2. The number of aromatic nitrogens is 2.